The zero-order valence-corrected chi connectivity index (χ0v) is 17.1. The molecule has 0 radical (unpaired) electrons. The van der Waals surface area contributed by atoms with E-state index in [1.54, 1.807) is 24.3 Å². The van der Waals surface area contributed by atoms with Crippen molar-refractivity contribution in [2.45, 2.75) is 0 Å². The van der Waals surface area contributed by atoms with Crippen LogP contribution in [0.15, 0.2) is 60.7 Å². The summed E-state index contributed by atoms with van der Waals surface area (Å²) in [5, 5.41) is 4.02. The lowest BCUT2D eigenvalue weighted by atomic mass is 10.1. The molecule has 3 aromatic rings. The Labute approximate surface area is 176 Å². The van der Waals surface area contributed by atoms with Gasteiger partial charge in [-0.05, 0) is 29.8 Å². The monoisotopic (exact) mass is 431 g/mol. The number of nitrogens with one attached hydrogen (secondary N) is 1. The molecule has 0 saturated carbocycles. The molecule has 0 saturated heterocycles. The van der Waals surface area contributed by atoms with E-state index in [0.29, 0.717) is 26.2 Å². The lowest BCUT2D eigenvalue weighted by molar-refractivity contribution is -0.111. The molecule has 0 aliphatic carbocycles. The van der Waals surface area contributed by atoms with Gasteiger partial charge in [-0.15, -0.1) is 11.3 Å². The molecular formula is C21H15Cl2NO3S. The maximum atomic E-state index is 12.4. The van der Waals surface area contributed by atoms with E-state index in [1.165, 1.54) is 30.6 Å². The first-order chi connectivity index (χ1) is 13.5. The number of ether oxygens (including phenoxy) is 1. The van der Waals surface area contributed by atoms with Crippen LogP contribution in [-0.4, -0.2) is 19.0 Å². The van der Waals surface area contributed by atoms with Gasteiger partial charge < -0.3 is 10.1 Å². The van der Waals surface area contributed by atoms with Crippen LogP contribution in [-0.2, 0) is 9.53 Å². The predicted octanol–water partition coefficient (Wildman–Crippen LogP) is 6.16. The average molecular weight is 432 g/mol. The molecule has 3 rings (SSSR count). The molecule has 0 atom stereocenters. The summed E-state index contributed by atoms with van der Waals surface area (Å²) in [5.41, 5.74) is 1.78. The minimum Gasteiger partial charge on any atom is -0.465 e. The fourth-order valence-corrected chi connectivity index (χ4v) is 4.05. The van der Waals surface area contributed by atoms with Gasteiger partial charge in [0.15, 0.2) is 0 Å². The van der Waals surface area contributed by atoms with E-state index < -0.39 is 11.9 Å². The fraction of sp³-hybridized carbons (Fsp3) is 0.0476. The second-order valence-corrected chi connectivity index (χ2v) is 7.54. The molecule has 7 heteroatoms. The highest BCUT2D eigenvalue weighted by Gasteiger charge is 2.18. The smallest absolute Gasteiger partial charge is 0.340 e. The lowest BCUT2D eigenvalue weighted by Gasteiger charge is -2.03. The molecule has 1 aromatic heterocycles. The Morgan fingerprint density at radius 3 is 2.36 bits per heavy atom. The van der Waals surface area contributed by atoms with Gasteiger partial charge in [0, 0.05) is 26.6 Å². The highest BCUT2D eigenvalue weighted by Crippen LogP contribution is 2.36. The number of amides is 1. The standard InChI is InChI=1S/C21H15Cl2NO3S/c1-27-21(26)15-12-18(13-6-3-2-4-7-13)28-20(15)24-19(25)11-10-14-16(22)8-5-9-17(14)23/h2-12H,1H3,(H,24,25). The van der Waals surface area contributed by atoms with Crippen LogP contribution in [0.1, 0.15) is 15.9 Å². The van der Waals surface area contributed by atoms with Crippen molar-refractivity contribution in [1.82, 2.24) is 0 Å². The Kier molecular flexibility index (Phi) is 6.52. The van der Waals surface area contributed by atoms with E-state index in [2.05, 4.69) is 5.32 Å². The molecule has 0 spiro atoms. The van der Waals surface area contributed by atoms with Crippen LogP contribution in [0.2, 0.25) is 10.0 Å². The summed E-state index contributed by atoms with van der Waals surface area (Å²) >= 11 is 13.5. The Hall–Kier alpha value is -2.60. The largest absolute Gasteiger partial charge is 0.465 e. The molecule has 1 amide bonds. The molecule has 0 bridgehead atoms. The number of hydrogen-bond donors (Lipinski definition) is 1. The van der Waals surface area contributed by atoms with Gasteiger partial charge in [-0.25, -0.2) is 4.79 Å². The molecule has 1 heterocycles. The van der Waals surface area contributed by atoms with Gasteiger partial charge in [0.05, 0.1) is 12.7 Å². The van der Waals surface area contributed by atoms with E-state index in [1.807, 2.05) is 30.3 Å². The Balaban J connectivity index is 1.86. The number of carbonyl (C=O) groups excluding carboxylic acids is 2. The lowest BCUT2D eigenvalue weighted by Crippen LogP contribution is -2.10. The van der Waals surface area contributed by atoms with Gasteiger partial charge in [0.25, 0.3) is 0 Å². The minimum atomic E-state index is -0.521. The molecule has 142 valence electrons. The summed E-state index contributed by atoms with van der Waals surface area (Å²) in [6, 6.07) is 16.4. The van der Waals surface area contributed by atoms with Crippen LogP contribution in [0.5, 0.6) is 0 Å². The summed E-state index contributed by atoms with van der Waals surface area (Å²) in [6.45, 7) is 0. The minimum absolute atomic E-state index is 0.295. The quantitative estimate of drug-likeness (QED) is 0.388. The van der Waals surface area contributed by atoms with E-state index in [4.69, 9.17) is 27.9 Å². The number of benzene rings is 2. The number of anilines is 1. The summed E-state index contributed by atoms with van der Waals surface area (Å²) in [6.07, 6.45) is 2.85. The normalized spacial score (nSPS) is 10.8. The molecule has 1 N–H and O–H groups in total. The van der Waals surface area contributed by atoms with Crippen molar-refractivity contribution in [1.29, 1.82) is 0 Å². The summed E-state index contributed by atoms with van der Waals surface area (Å²) < 4.78 is 4.83. The van der Waals surface area contributed by atoms with Crippen LogP contribution >= 0.6 is 34.5 Å². The van der Waals surface area contributed by atoms with Crippen molar-refractivity contribution < 1.29 is 14.3 Å². The first-order valence-electron chi connectivity index (χ1n) is 8.20. The van der Waals surface area contributed by atoms with Crippen molar-refractivity contribution >= 4 is 57.5 Å². The third-order valence-corrected chi connectivity index (χ3v) is 5.59. The van der Waals surface area contributed by atoms with Crippen LogP contribution in [0, 0.1) is 0 Å². The third-order valence-electron chi connectivity index (χ3n) is 3.83. The maximum absolute atomic E-state index is 12.4. The van der Waals surface area contributed by atoms with E-state index in [9.17, 15) is 9.59 Å². The predicted molar refractivity (Wildman–Crippen MR) is 115 cm³/mol. The molecule has 0 aliphatic heterocycles. The first-order valence-corrected chi connectivity index (χ1v) is 9.77. The van der Waals surface area contributed by atoms with Gasteiger partial charge in [0.1, 0.15) is 5.00 Å². The number of thiophene rings is 1. The summed E-state index contributed by atoms with van der Waals surface area (Å²) in [5.74, 6) is -0.936. The van der Waals surface area contributed by atoms with Gasteiger partial charge in [-0.2, -0.15) is 0 Å². The number of methoxy groups -OCH3 is 1. The van der Waals surface area contributed by atoms with Crippen LogP contribution < -0.4 is 5.32 Å². The van der Waals surface area contributed by atoms with Gasteiger partial charge >= 0.3 is 5.97 Å². The number of carbonyl (C=O) groups is 2. The second kappa shape index (κ2) is 9.06. The number of halogens is 2. The van der Waals surface area contributed by atoms with Crippen LogP contribution in [0.4, 0.5) is 5.00 Å². The van der Waals surface area contributed by atoms with Crippen molar-refractivity contribution in [3.8, 4) is 10.4 Å². The number of esters is 1. The van der Waals surface area contributed by atoms with E-state index >= 15 is 0 Å². The first kappa shape index (κ1) is 20.1. The summed E-state index contributed by atoms with van der Waals surface area (Å²) in [7, 11) is 1.30. The molecule has 0 unspecified atom stereocenters. The number of hydrogen-bond acceptors (Lipinski definition) is 4. The maximum Gasteiger partial charge on any atom is 0.340 e. The van der Waals surface area contributed by atoms with Gasteiger partial charge in [0.2, 0.25) is 5.91 Å². The zero-order chi connectivity index (χ0) is 20.1. The molecule has 0 aliphatic rings. The SMILES string of the molecule is COC(=O)c1cc(-c2ccccc2)sc1NC(=O)C=Cc1c(Cl)cccc1Cl. The Bertz CT molecular complexity index is 1020. The van der Waals surface area contributed by atoms with Crippen molar-refractivity contribution in [3.63, 3.8) is 0 Å². The molecule has 2 aromatic carbocycles. The second-order valence-electron chi connectivity index (χ2n) is 5.67. The molecule has 4 nitrogen and oxygen atoms in total. The van der Waals surface area contributed by atoms with E-state index in [0.717, 1.165) is 10.4 Å². The molecule has 0 fully saturated rings. The van der Waals surface area contributed by atoms with E-state index in [-0.39, 0.29) is 0 Å². The highest BCUT2D eigenvalue weighted by atomic mass is 35.5. The average Bonchev–Trinajstić information content (AvgIpc) is 3.11. The molecular weight excluding hydrogens is 417 g/mol. The van der Waals surface area contributed by atoms with Crippen LogP contribution in [0.3, 0.4) is 0 Å². The van der Waals surface area contributed by atoms with Crippen molar-refractivity contribution in [2.24, 2.45) is 0 Å². The van der Waals surface area contributed by atoms with Gasteiger partial charge in [-0.1, -0.05) is 59.6 Å². The van der Waals surface area contributed by atoms with Crippen molar-refractivity contribution in [2.75, 3.05) is 12.4 Å². The Morgan fingerprint density at radius 2 is 1.71 bits per heavy atom. The number of rotatable bonds is 5. The van der Waals surface area contributed by atoms with Crippen molar-refractivity contribution in [3.05, 3.63) is 81.8 Å². The molecule has 28 heavy (non-hydrogen) atoms. The zero-order valence-electron chi connectivity index (χ0n) is 14.7. The Morgan fingerprint density at radius 1 is 1.04 bits per heavy atom. The van der Waals surface area contributed by atoms with Gasteiger partial charge in [-0.3, -0.25) is 4.79 Å². The summed E-state index contributed by atoms with van der Waals surface area (Å²) in [4.78, 5) is 25.3. The third kappa shape index (κ3) is 4.62. The van der Waals surface area contributed by atoms with Crippen LogP contribution in [0.25, 0.3) is 16.5 Å². The topological polar surface area (TPSA) is 55.4 Å². The fourth-order valence-electron chi connectivity index (χ4n) is 2.47. The highest BCUT2D eigenvalue weighted by molar-refractivity contribution is 7.20.